The minimum atomic E-state index is -1.23. The second-order valence-corrected chi connectivity index (χ2v) is 4.27. The summed E-state index contributed by atoms with van der Waals surface area (Å²) in [5, 5.41) is 11.8. The second-order valence-electron chi connectivity index (χ2n) is 4.27. The van der Waals surface area contributed by atoms with Gasteiger partial charge in [0, 0.05) is 6.20 Å². The maximum atomic E-state index is 13.7. The molecule has 0 aliphatic heterocycles. The van der Waals surface area contributed by atoms with Gasteiger partial charge in [-0.3, -0.25) is 4.40 Å². The van der Waals surface area contributed by atoms with Crippen LogP contribution in [-0.4, -0.2) is 20.5 Å². The summed E-state index contributed by atoms with van der Waals surface area (Å²) in [7, 11) is 0. The fourth-order valence-corrected chi connectivity index (χ4v) is 2.02. The van der Waals surface area contributed by atoms with Crippen LogP contribution in [-0.2, 0) is 0 Å². The van der Waals surface area contributed by atoms with Crippen LogP contribution in [0.25, 0.3) is 5.65 Å². The Morgan fingerprint density at radius 2 is 2.00 bits per heavy atom. The van der Waals surface area contributed by atoms with Crippen LogP contribution < -0.4 is 5.32 Å². The van der Waals surface area contributed by atoms with Crippen LogP contribution in [0.3, 0.4) is 0 Å². The normalized spacial score (nSPS) is 10.8. The van der Waals surface area contributed by atoms with Crippen molar-refractivity contribution < 1.29 is 18.7 Å². The van der Waals surface area contributed by atoms with Crippen LogP contribution in [0, 0.1) is 11.6 Å². The quantitative estimate of drug-likeness (QED) is 0.777. The molecule has 2 aromatic heterocycles. The number of carboxylic acid groups (broad SMARTS) is 1. The molecule has 5 nitrogen and oxygen atoms in total. The van der Waals surface area contributed by atoms with Crippen molar-refractivity contribution in [2.24, 2.45) is 0 Å². The molecule has 0 unspecified atom stereocenters. The Bertz CT molecular complexity index is 845. The molecule has 2 heterocycles. The van der Waals surface area contributed by atoms with E-state index in [-0.39, 0.29) is 17.2 Å². The summed E-state index contributed by atoms with van der Waals surface area (Å²) in [4.78, 5) is 15.5. The van der Waals surface area contributed by atoms with Crippen molar-refractivity contribution in [2.75, 3.05) is 5.32 Å². The number of carboxylic acids is 1. The number of nitrogens with one attached hydrogen (secondary N) is 1. The zero-order valence-electron chi connectivity index (χ0n) is 10.5. The smallest absolute Gasteiger partial charge is 0.356 e. The lowest BCUT2D eigenvalue weighted by molar-refractivity contribution is 0.0690. The van der Waals surface area contributed by atoms with Gasteiger partial charge in [0.2, 0.25) is 0 Å². The van der Waals surface area contributed by atoms with E-state index >= 15 is 0 Å². The highest BCUT2D eigenvalue weighted by Gasteiger charge is 2.20. The van der Waals surface area contributed by atoms with Crippen molar-refractivity contribution in [2.45, 2.75) is 0 Å². The van der Waals surface area contributed by atoms with E-state index in [0.29, 0.717) is 5.65 Å². The molecular weight excluding hydrogens is 280 g/mol. The van der Waals surface area contributed by atoms with Crippen molar-refractivity contribution in [1.29, 1.82) is 0 Å². The number of nitrogens with zero attached hydrogens (tertiary/aromatic N) is 2. The molecule has 3 rings (SSSR count). The van der Waals surface area contributed by atoms with Crippen LogP contribution in [0.15, 0.2) is 42.6 Å². The van der Waals surface area contributed by atoms with Gasteiger partial charge in [-0.2, -0.15) is 0 Å². The first-order chi connectivity index (χ1) is 10.1. The summed E-state index contributed by atoms with van der Waals surface area (Å²) in [6.07, 6.45) is 1.53. The van der Waals surface area contributed by atoms with Gasteiger partial charge in [-0.05, 0) is 24.3 Å². The predicted molar refractivity (Wildman–Crippen MR) is 71.8 cm³/mol. The number of hydrogen-bond acceptors (Lipinski definition) is 3. The van der Waals surface area contributed by atoms with Crippen molar-refractivity contribution >= 4 is 23.1 Å². The maximum Gasteiger partial charge on any atom is 0.356 e. The molecule has 0 fully saturated rings. The molecule has 0 aliphatic carbocycles. The molecule has 0 saturated carbocycles. The zero-order valence-corrected chi connectivity index (χ0v) is 10.5. The molecule has 0 amide bonds. The molecule has 2 N–H and O–H groups in total. The van der Waals surface area contributed by atoms with E-state index in [0.717, 1.165) is 6.07 Å². The van der Waals surface area contributed by atoms with Gasteiger partial charge < -0.3 is 10.4 Å². The zero-order chi connectivity index (χ0) is 15.0. The van der Waals surface area contributed by atoms with E-state index in [1.54, 1.807) is 18.2 Å². The van der Waals surface area contributed by atoms with Gasteiger partial charge in [-0.1, -0.05) is 12.1 Å². The van der Waals surface area contributed by atoms with Gasteiger partial charge in [-0.25, -0.2) is 18.6 Å². The van der Waals surface area contributed by atoms with Crippen LogP contribution >= 0.6 is 0 Å². The Morgan fingerprint density at radius 3 is 2.76 bits per heavy atom. The highest BCUT2D eigenvalue weighted by Crippen LogP contribution is 2.25. The standard InChI is InChI=1S/C14H9F2N3O2/c15-8-4-3-5-9(11(8)16)17-13-12(14(20)21)19-7-2-1-6-10(19)18-13/h1-7,17H,(H,20,21). The fourth-order valence-electron chi connectivity index (χ4n) is 2.02. The third-order valence-corrected chi connectivity index (χ3v) is 2.94. The summed E-state index contributed by atoms with van der Waals surface area (Å²) < 4.78 is 28.2. The van der Waals surface area contributed by atoms with Crippen molar-refractivity contribution in [3.63, 3.8) is 0 Å². The number of pyridine rings is 1. The summed E-state index contributed by atoms with van der Waals surface area (Å²) in [5.41, 5.74) is 0.0457. The molecule has 3 aromatic rings. The third kappa shape index (κ3) is 2.18. The van der Waals surface area contributed by atoms with Crippen LogP contribution in [0.1, 0.15) is 10.5 Å². The van der Waals surface area contributed by atoms with Gasteiger partial charge in [0.25, 0.3) is 0 Å². The van der Waals surface area contributed by atoms with Crippen molar-refractivity contribution in [3.05, 3.63) is 59.9 Å². The number of imidazole rings is 1. The van der Waals surface area contributed by atoms with E-state index < -0.39 is 17.6 Å². The van der Waals surface area contributed by atoms with Crippen molar-refractivity contribution in [1.82, 2.24) is 9.38 Å². The number of hydrogen-bond donors (Lipinski definition) is 2. The first-order valence-corrected chi connectivity index (χ1v) is 5.99. The number of aromatic carboxylic acids is 1. The number of fused-ring (bicyclic) bond motifs is 1. The number of carbonyl (C=O) groups is 1. The summed E-state index contributed by atoms with van der Waals surface area (Å²) in [6, 6.07) is 8.54. The number of aromatic nitrogens is 2. The van der Waals surface area contributed by atoms with E-state index in [2.05, 4.69) is 10.3 Å². The SMILES string of the molecule is O=C(O)c1c(Nc2cccc(F)c2F)nc2ccccn12. The molecule has 0 saturated heterocycles. The average Bonchev–Trinajstić information content (AvgIpc) is 2.82. The van der Waals surface area contributed by atoms with Gasteiger partial charge >= 0.3 is 5.97 Å². The largest absolute Gasteiger partial charge is 0.476 e. The lowest BCUT2D eigenvalue weighted by Crippen LogP contribution is -2.06. The molecular formula is C14H9F2N3O2. The van der Waals surface area contributed by atoms with E-state index in [9.17, 15) is 18.7 Å². The van der Waals surface area contributed by atoms with Crippen LogP contribution in [0.5, 0.6) is 0 Å². The minimum absolute atomic E-state index is 0.0572. The Hall–Kier alpha value is -2.96. The Balaban J connectivity index is 2.14. The molecule has 0 spiro atoms. The topological polar surface area (TPSA) is 66.6 Å². The number of anilines is 2. The molecule has 0 atom stereocenters. The minimum Gasteiger partial charge on any atom is -0.476 e. The summed E-state index contributed by atoms with van der Waals surface area (Å²) in [6.45, 7) is 0. The molecule has 1 aromatic carbocycles. The lowest BCUT2D eigenvalue weighted by Gasteiger charge is -2.06. The number of benzene rings is 1. The van der Waals surface area contributed by atoms with Gasteiger partial charge in [0.1, 0.15) is 5.65 Å². The Morgan fingerprint density at radius 1 is 1.19 bits per heavy atom. The number of rotatable bonds is 3. The highest BCUT2D eigenvalue weighted by atomic mass is 19.2. The Labute approximate surface area is 117 Å². The fraction of sp³-hybridized carbons (Fsp3) is 0. The highest BCUT2D eigenvalue weighted by molar-refractivity contribution is 5.93. The second kappa shape index (κ2) is 4.86. The Kier molecular flexibility index (Phi) is 3.02. The molecule has 21 heavy (non-hydrogen) atoms. The van der Waals surface area contributed by atoms with E-state index in [1.807, 2.05) is 0 Å². The summed E-state index contributed by atoms with van der Waals surface area (Å²) in [5.74, 6) is -3.40. The van der Waals surface area contributed by atoms with Crippen LogP contribution in [0.4, 0.5) is 20.3 Å². The molecule has 0 radical (unpaired) electrons. The third-order valence-electron chi connectivity index (χ3n) is 2.94. The molecule has 0 aliphatic rings. The molecule has 7 heteroatoms. The average molecular weight is 289 g/mol. The molecule has 106 valence electrons. The van der Waals surface area contributed by atoms with Gasteiger partial charge in [0.15, 0.2) is 23.1 Å². The first-order valence-electron chi connectivity index (χ1n) is 5.99. The maximum absolute atomic E-state index is 13.7. The van der Waals surface area contributed by atoms with Gasteiger partial charge in [0.05, 0.1) is 5.69 Å². The lowest BCUT2D eigenvalue weighted by atomic mass is 10.3. The monoisotopic (exact) mass is 289 g/mol. The van der Waals surface area contributed by atoms with E-state index in [1.165, 1.54) is 22.7 Å². The molecule has 0 bridgehead atoms. The van der Waals surface area contributed by atoms with Gasteiger partial charge in [-0.15, -0.1) is 0 Å². The van der Waals surface area contributed by atoms with E-state index in [4.69, 9.17) is 0 Å². The summed E-state index contributed by atoms with van der Waals surface area (Å²) >= 11 is 0. The van der Waals surface area contributed by atoms with Crippen LogP contribution in [0.2, 0.25) is 0 Å². The van der Waals surface area contributed by atoms with Crippen molar-refractivity contribution in [3.8, 4) is 0 Å². The predicted octanol–water partition coefficient (Wildman–Crippen LogP) is 3.05. The number of halogens is 2. The first kappa shape index (κ1) is 13.0.